The first kappa shape index (κ1) is 16.3. The Labute approximate surface area is 118 Å². The summed E-state index contributed by atoms with van der Waals surface area (Å²) in [5, 5.41) is 4.35. The first-order valence-electron chi connectivity index (χ1n) is 5.50. The fourth-order valence-electron chi connectivity index (χ4n) is 1.35. The van der Waals surface area contributed by atoms with Crippen LogP contribution in [0.25, 0.3) is 5.69 Å². The maximum absolute atomic E-state index is 8.49. The van der Waals surface area contributed by atoms with Crippen LogP contribution in [-0.2, 0) is 0 Å². The zero-order valence-corrected chi connectivity index (χ0v) is 11.7. The second kappa shape index (κ2) is 7.13. The molecular formula is C12H14ClN3O4. The third-order valence-electron chi connectivity index (χ3n) is 2.24. The van der Waals surface area contributed by atoms with Gasteiger partial charge in [-0.3, -0.25) is 0 Å². The molecule has 0 fully saturated rings. The molecule has 0 saturated carbocycles. The first-order chi connectivity index (χ1) is 9.27. The Morgan fingerprint density at radius 2 is 1.55 bits per heavy atom. The van der Waals surface area contributed by atoms with E-state index in [1.165, 1.54) is 0 Å². The Kier molecular flexibility index (Phi) is 5.81. The molecule has 0 N–H and O–H groups in total. The van der Waals surface area contributed by atoms with Gasteiger partial charge in [-0.15, -0.1) is 10.2 Å². The van der Waals surface area contributed by atoms with Gasteiger partial charge in [-0.25, -0.2) is 18.6 Å². The van der Waals surface area contributed by atoms with Crippen molar-refractivity contribution in [1.82, 2.24) is 5.10 Å². The van der Waals surface area contributed by atoms with Crippen molar-refractivity contribution >= 4 is 5.69 Å². The maximum atomic E-state index is 8.49. The third-order valence-corrected chi connectivity index (χ3v) is 2.24. The summed E-state index contributed by atoms with van der Waals surface area (Å²) in [7, 11) is -0.937. The van der Waals surface area contributed by atoms with Gasteiger partial charge in [0.2, 0.25) is 11.9 Å². The molecule has 0 aliphatic heterocycles. The lowest BCUT2D eigenvalue weighted by Gasteiger charge is -2.17. The normalized spacial score (nSPS) is 10.5. The van der Waals surface area contributed by atoms with Crippen LogP contribution in [0.3, 0.4) is 0 Å². The van der Waals surface area contributed by atoms with Crippen molar-refractivity contribution in [3.8, 4) is 5.69 Å². The summed E-state index contributed by atoms with van der Waals surface area (Å²) in [5.41, 5.74) is 2.17. The Hall–Kier alpha value is -1.77. The molecule has 0 bridgehead atoms. The van der Waals surface area contributed by atoms with Gasteiger partial charge in [0.1, 0.15) is 6.20 Å². The highest BCUT2D eigenvalue weighted by atomic mass is 35.7. The SMILES string of the molecule is CN(C)c1cc[n+](-c2ccccc2)nc1.[O-][Cl+3]([O-])([O-])[O-]. The summed E-state index contributed by atoms with van der Waals surface area (Å²) < 4.78 is 35.8. The van der Waals surface area contributed by atoms with Gasteiger partial charge in [0.25, 0.3) is 0 Å². The van der Waals surface area contributed by atoms with Crippen molar-refractivity contribution in [2.75, 3.05) is 19.0 Å². The van der Waals surface area contributed by atoms with Crippen molar-refractivity contribution < 1.29 is 33.6 Å². The molecule has 7 nitrogen and oxygen atoms in total. The van der Waals surface area contributed by atoms with Crippen LogP contribution in [0.15, 0.2) is 48.8 Å². The molecule has 1 aromatic carbocycles. The van der Waals surface area contributed by atoms with Gasteiger partial charge in [-0.1, -0.05) is 22.9 Å². The van der Waals surface area contributed by atoms with Crippen molar-refractivity contribution in [2.24, 2.45) is 0 Å². The number of aromatic nitrogens is 2. The summed E-state index contributed by atoms with van der Waals surface area (Å²) in [6.07, 6.45) is 3.82. The first-order valence-corrected chi connectivity index (χ1v) is 6.73. The Morgan fingerprint density at radius 3 is 1.95 bits per heavy atom. The smallest absolute Gasteiger partial charge is 0.238 e. The van der Waals surface area contributed by atoms with Gasteiger partial charge in [0.15, 0.2) is 0 Å². The van der Waals surface area contributed by atoms with Crippen LogP contribution >= 0.6 is 0 Å². The van der Waals surface area contributed by atoms with Crippen LogP contribution in [-0.4, -0.2) is 19.2 Å². The number of benzene rings is 1. The fraction of sp³-hybridized carbons (Fsp3) is 0.167. The highest BCUT2D eigenvalue weighted by molar-refractivity contribution is 5.40. The monoisotopic (exact) mass is 299 g/mol. The van der Waals surface area contributed by atoms with Gasteiger partial charge in [-0.2, -0.15) is 0 Å². The van der Waals surface area contributed by atoms with Gasteiger partial charge in [-0.05, 0) is 5.10 Å². The van der Waals surface area contributed by atoms with E-state index in [1.807, 2.05) is 72.5 Å². The molecule has 0 amide bonds. The standard InChI is InChI=1S/C12H14N3.ClHO4/c1-14(2)12-8-9-15(13-10-12)11-6-4-3-5-7-11;2-1(3,4)5/h3-10H,1-2H3;(H,2,3,4,5)/q+1;/p-1. The van der Waals surface area contributed by atoms with Crippen molar-refractivity contribution in [3.05, 3.63) is 48.8 Å². The Balaban J connectivity index is 0.000000347. The van der Waals surface area contributed by atoms with Crippen molar-refractivity contribution in [3.63, 3.8) is 0 Å². The van der Waals surface area contributed by atoms with Crippen LogP contribution in [0.4, 0.5) is 5.69 Å². The number of rotatable bonds is 2. The number of nitrogens with zero attached hydrogens (tertiary/aromatic N) is 3. The Morgan fingerprint density at radius 1 is 1.00 bits per heavy atom. The van der Waals surface area contributed by atoms with E-state index >= 15 is 0 Å². The molecule has 0 aliphatic rings. The van der Waals surface area contributed by atoms with E-state index in [1.54, 1.807) is 0 Å². The van der Waals surface area contributed by atoms with Crippen LogP contribution in [0.2, 0.25) is 0 Å². The van der Waals surface area contributed by atoms with E-state index < -0.39 is 10.2 Å². The van der Waals surface area contributed by atoms with Gasteiger partial charge >= 0.3 is 0 Å². The second-order valence-electron chi connectivity index (χ2n) is 3.94. The predicted octanol–water partition coefficient (Wildman–Crippen LogP) is -3.33. The lowest BCUT2D eigenvalue weighted by molar-refractivity contribution is -2.00. The molecule has 0 radical (unpaired) electrons. The molecule has 0 saturated heterocycles. The van der Waals surface area contributed by atoms with E-state index in [9.17, 15) is 0 Å². The minimum Gasteiger partial charge on any atom is -0.376 e. The molecule has 1 aromatic heterocycles. The van der Waals surface area contributed by atoms with Gasteiger partial charge in [0, 0.05) is 32.3 Å². The number of hydrogen-bond acceptors (Lipinski definition) is 6. The number of hydrogen-bond donors (Lipinski definition) is 0. The van der Waals surface area contributed by atoms with Crippen molar-refractivity contribution in [2.45, 2.75) is 0 Å². The molecule has 0 aliphatic carbocycles. The van der Waals surface area contributed by atoms with Crippen LogP contribution in [0.1, 0.15) is 0 Å². The number of para-hydroxylation sites is 1. The lowest BCUT2D eigenvalue weighted by Crippen LogP contribution is -2.68. The van der Waals surface area contributed by atoms with Gasteiger partial charge < -0.3 is 4.90 Å². The molecule has 108 valence electrons. The molecule has 1 heterocycles. The molecular weight excluding hydrogens is 286 g/mol. The predicted molar refractivity (Wildman–Crippen MR) is 60.1 cm³/mol. The highest BCUT2D eigenvalue weighted by Crippen LogP contribution is 2.05. The van der Waals surface area contributed by atoms with Crippen LogP contribution < -0.4 is 28.2 Å². The van der Waals surface area contributed by atoms with Crippen LogP contribution in [0, 0.1) is 10.2 Å². The summed E-state index contributed by atoms with van der Waals surface area (Å²) in [6.45, 7) is 0. The summed E-state index contributed by atoms with van der Waals surface area (Å²) >= 11 is 0. The summed E-state index contributed by atoms with van der Waals surface area (Å²) in [5.74, 6) is 0. The topological polar surface area (TPSA) is 112 Å². The van der Waals surface area contributed by atoms with Gasteiger partial charge in [0.05, 0.1) is 5.69 Å². The van der Waals surface area contributed by atoms with E-state index in [0.717, 1.165) is 11.4 Å². The number of anilines is 1. The van der Waals surface area contributed by atoms with Crippen molar-refractivity contribution in [1.29, 1.82) is 0 Å². The van der Waals surface area contributed by atoms with E-state index in [4.69, 9.17) is 18.6 Å². The lowest BCUT2D eigenvalue weighted by atomic mass is 10.3. The maximum Gasteiger partial charge on any atom is 0.238 e. The molecule has 2 rings (SSSR count). The van der Waals surface area contributed by atoms with E-state index in [0.29, 0.717) is 0 Å². The summed E-state index contributed by atoms with van der Waals surface area (Å²) in [4.78, 5) is 2.03. The van der Waals surface area contributed by atoms with E-state index in [-0.39, 0.29) is 0 Å². The average Bonchev–Trinajstić information content (AvgIpc) is 2.38. The molecule has 0 unspecified atom stereocenters. The minimum absolute atomic E-state index is 1.07. The zero-order chi connectivity index (χ0) is 15.2. The zero-order valence-electron chi connectivity index (χ0n) is 11.0. The average molecular weight is 300 g/mol. The Bertz CT molecular complexity index is 508. The third kappa shape index (κ3) is 6.41. The second-order valence-corrected chi connectivity index (χ2v) is 4.69. The minimum atomic E-state index is -4.94. The fourth-order valence-corrected chi connectivity index (χ4v) is 1.35. The molecule has 0 spiro atoms. The highest BCUT2D eigenvalue weighted by Gasteiger charge is 2.06. The number of halogens is 1. The largest absolute Gasteiger partial charge is 0.376 e. The molecule has 2 aromatic rings. The van der Waals surface area contributed by atoms with E-state index in [2.05, 4.69) is 5.10 Å². The molecule has 20 heavy (non-hydrogen) atoms. The van der Waals surface area contributed by atoms with Crippen LogP contribution in [0.5, 0.6) is 0 Å². The molecule has 8 heteroatoms. The quantitative estimate of drug-likeness (QED) is 0.536. The summed E-state index contributed by atoms with van der Waals surface area (Å²) in [6, 6.07) is 12.1. The molecule has 0 atom stereocenters.